The molecule has 0 spiro atoms. The molecule has 0 N–H and O–H groups in total. The van der Waals surface area contributed by atoms with Crippen molar-refractivity contribution in [3.63, 3.8) is 0 Å². The molecule has 1 aromatic carbocycles. The highest BCUT2D eigenvalue weighted by Gasteiger charge is 2.06. The van der Waals surface area contributed by atoms with E-state index in [0.717, 1.165) is 17.7 Å². The van der Waals surface area contributed by atoms with Gasteiger partial charge < -0.3 is 9.47 Å². The Balaban J connectivity index is 2.34. The van der Waals surface area contributed by atoms with Crippen LogP contribution in [0.25, 0.3) is 0 Å². The number of benzene rings is 1. The van der Waals surface area contributed by atoms with Gasteiger partial charge in [-0.1, -0.05) is 57.1 Å². The molecule has 0 fully saturated rings. The minimum Gasteiger partial charge on any atom is -0.497 e. The molecule has 0 saturated heterocycles. The summed E-state index contributed by atoms with van der Waals surface area (Å²) in [6.07, 6.45) is 8.65. The minimum atomic E-state index is -0.143. The molecular weight excluding hydrogens is 260 g/mol. The van der Waals surface area contributed by atoms with Crippen molar-refractivity contribution in [1.82, 2.24) is 0 Å². The van der Waals surface area contributed by atoms with Crippen LogP contribution in [-0.2, 0) is 4.74 Å². The van der Waals surface area contributed by atoms with Gasteiger partial charge in [0, 0.05) is 13.5 Å². The lowest BCUT2D eigenvalue weighted by Crippen LogP contribution is -1.98. The summed E-state index contributed by atoms with van der Waals surface area (Å²) >= 11 is 0. The van der Waals surface area contributed by atoms with Crippen molar-refractivity contribution in [2.24, 2.45) is 0 Å². The number of methoxy groups -OCH3 is 2. The van der Waals surface area contributed by atoms with E-state index < -0.39 is 0 Å². The highest BCUT2D eigenvalue weighted by Crippen LogP contribution is 2.19. The molecule has 0 aliphatic rings. The molecule has 0 aliphatic heterocycles. The van der Waals surface area contributed by atoms with Crippen molar-refractivity contribution in [3.8, 4) is 17.6 Å². The zero-order chi connectivity index (χ0) is 15.3. The maximum absolute atomic E-state index is 5.46. The van der Waals surface area contributed by atoms with E-state index >= 15 is 0 Å². The van der Waals surface area contributed by atoms with E-state index in [-0.39, 0.29) is 6.10 Å². The largest absolute Gasteiger partial charge is 0.497 e. The average Bonchev–Trinajstić information content (AvgIpc) is 2.54. The quantitative estimate of drug-likeness (QED) is 0.463. The fourth-order valence-corrected chi connectivity index (χ4v) is 2.22. The van der Waals surface area contributed by atoms with E-state index in [1.54, 1.807) is 14.2 Å². The second kappa shape index (κ2) is 11.2. The Hall–Kier alpha value is -1.46. The number of hydrogen-bond acceptors (Lipinski definition) is 2. The van der Waals surface area contributed by atoms with Gasteiger partial charge in [-0.15, -0.1) is 5.92 Å². The van der Waals surface area contributed by atoms with Crippen LogP contribution >= 0.6 is 0 Å². The zero-order valence-electron chi connectivity index (χ0n) is 13.7. The van der Waals surface area contributed by atoms with Crippen LogP contribution in [0.4, 0.5) is 0 Å². The van der Waals surface area contributed by atoms with Crippen LogP contribution in [0.15, 0.2) is 24.3 Å². The smallest absolute Gasteiger partial charge is 0.143 e. The Labute approximate surface area is 129 Å². The zero-order valence-corrected chi connectivity index (χ0v) is 13.7. The van der Waals surface area contributed by atoms with Crippen LogP contribution in [0.2, 0.25) is 0 Å². The molecule has 1 unspecified atom stereocenters. The predicted molar refractivity (Wildman–Crippen MR) is 88.5 cm³/mol. The van der Waals surface area contributed by atoms with Crippen molar-refractivity contribution in [2.75, 3.05) is 14.2 Å². The van der Waals surface area contributed by atoms with Crippen LogP contribution < -0.4 is 4.74 Å². The summed E-state index contributed by atoms with van der Waals surface area (Å²) in [5.41, 5.74) is 1.08. The Bertz CT molecular complexity index is 425. The van der Waals surface area contributed by atoms with Crippen LogP contribution in [0.1, 0.15) is 63.5 Å². The molecule has 0 amide bonds. The molecular formula is C19H28O2. The highest BCUT2D eigenvalue weighted by molar-refractivity contribution is 5.32. The first kappa shape index (κ1) is 17.6. The van der Waals surface area contributed by atoms with Crippen LogP contribution in [0, 0.1) is 11.8 Å². The Morgan fingerprint density at radius 1 is 0.952 bits per heavy atom. The van der Waals surface area contributed by atoms with Gasteiger partial charge in [-0.05, 0) is 24.1 Å². The van der Waals surface area contributed by atoms with E-state index in [0.29, 0.717) is 0 Å². The third-order valence-corrected chi connectivity index (χ3v) is 3.54. The summed E-state index contributed by atoms with van der Waals surface area (Å²) in [5.74, 6) is 7.32. The standard InChI is InChI=1S/C19H28O2/c1-4-5-6-7-8-9-10-11-12-19(21-3)17-13-15-18(20-2)16-14-17/h13-16,19H,4-10H2,1-3H3. The first-order chi connectivity index (χ1) is 10.3. The number of rotatable bonds is 9. The lowest BCUT2D eigenvalue weighted by atomic mass is 10.1. The van der Waals surface area contributed by atoms with E-state index in [4.69, 9.17) is 9.47 Å². The molecule has 2 heteroatoms. The summed E-state index contributed by atoms with van der Waals surface area (Å²) in [5, 5.41) is 0. The fraction of sp³-hybridized carbons (Fsp3) is 0.579. The van der Waals surface area contributed by atoms with E-state index in [2.05, 4.69) is 18.8 Å². The number of hydrogen-bond donors (Lipinski definition) is 0. The molecule has 21 heavy (non-hydrogen) atoms. The molecule has 1 rings (SSSR count). The van der Waals surface area contributed by atoms with Crippen LogP contribution in [0.5, 0.6) is 5.75 Å². The van der Waals surface area contributed by atoms with Crippen molar-refractivity contribution in [2.45, 2.75) is 58.0 Å². The lowest BCUT2D eigenvalue weighted by Gasteiger charge is -2.09. The SMILES string of the molecule is CCCCCCCCC#CC(OC)c1ccc(OC)cc1. The summed E-state index contributed by atoms with van der Waals surface area (Å²) in [7, 11) is 3.37. The van der Waals surface area contributed by atoms with Gasteiger partial charge in [0.2, 0.25) is 0 Å². The molecule has 0 radical (unpaired) electrons. The van der Waals surface area contributed by atoms with E-state index in [1.807, 2.05) is 24.3 Å². The van der Waals surface area contributed by atoms with Gasteiger partial charge in [-0.3, -0.25) is 0 Å². The Morgan fingerprint density at radius 3 is 2.24 bits per heavy atom. The molecule has 1 atom stereocenters. The van der Waals surface area contributed by atoms with E-state index in [1.165, 1.54) is 38.5 Å². The molecule has 116 valence electrons. The number of ether oxygens (including phenoxy) is 2. The Kier molecular flexibility index (Phi) is 9.40. The van der Waals surface area contributed by atoms with Gasteiger partial charge in [0.25, 0.3) is 0 Å². The highest BCUT2D eigenvalue weighted by atomic mass is 16.5. The average molecular weight is 288 g/mol. The van der Waals surface area contributed by atoms with Crippen molar-refractivity contribution >= 4 is 0 Å². The van der Waals surface area contributed by atoms with Crippen molar-refractivity contribution in [3.05, 3.63) is 29.8 Å². The maximum Gasteiger partial charge on any atom is 0.143 e. The van der Waals surface area contributed by atoms with Crippen molar-refractivity contribution < 1.29 is 9.47 Å². The summed E-state index contributed by atoms with van der Waals surface area (Å²) in [4.78, 5) is 0. The topological polar surface area (TPSA) is 18.5 Å². The van der Waals surface area contributed by atoms with Crippen molar-refractivity contribution in [1.29, 1.82) is 0 Å². The molecule has 2 nitrogen and oxygen atoms in total. The first-order valence-corrected chi connectivity index (χ1v) is 7.97. The second-order valence-electron chi connectivity index (χ2n) is 5.23. The second-order valence-corrected chi connectivity index (χ2v) is 5.23. The fourth-order valence-electron chi connectivity index (χ4n) is 2.22. The third kappa shape index (κ3) is 7.20. The number of unbranched alkanes of at least 4 members (excludes halogenated alkanes) is 6. The van der Waals surface area contributed by atoms with Gasteiger partial charge in [-0.2, -0.15) is 0 Å². The summed E-state index contributed by atoms with van der Waals surface area (Å²) in [6.45, 7) is 2.25. The lowest BCUT2D eigenvalue weighted by molar-refractivity contribution is 0.150. The first-order valence-electron chi connectivity index (χ1n) is 7.97. The third-order valence-electron chi connectivity index (χ3n) is 3.54. The molecule has 0 aliphatic carbocycles. The minimum absolute atomic E-state index is 0.143. The van der Waals surface area contributed by atoms with Crippen LogP contribution in [0.3, 0.4) is 0 Å². The molecule has 0 saturated carbocycles. The normalized spacial score (nSPS) is 11.6. The van der Waals surface area contributed by atoms with Gasteiger partial charge in [0.05, 0.1) is 7.11 Å². The van der Waals surface area contributed by atoms with Crippen LogP contribution in [-0.4, -0.2) is 14.2 Å². The molecule has 0 bridgehead atoms. The Morgan fingerprint density at radius 2 is 1.62 bits per heavy atom. The summed E-state index contributed by atoms with van der Waals surface area (Å²) < 4.78 is 10.6. The molecule has 0 aromatic heterocycles. The monoisotopic (exact) mass is 288 g/mol. The van der Waals surface area contributed by atoms with Gasteiger partial charge in [-0.25, -0.2) is 0 Å². The van der Waals surface area contributed by atoms with Gasteiger partial charge >= 0.3 is 0 Å². The predicted octanol–water partition coefficient (Wildman–Crippen LogP) is 5.14. The summed E-state index contributed by atoms with van der Waals surface area (Å²) in [6, 6.07) is 7.90. The van der Waals surface area contributed by atoms with Gasteiger partial charge in [0.1, 0.15) is 11.9 Å². The maximum atomic E-state index is 5.46. The van der Waals surface area contributed by atoms with Gasteiger partial charge in [0.15, 0.2) is 0 Å². The van der Waals surface area contributed by atoms with E-state index in [9.17, 15) is 0 Å². The molecule has 0 heterocycles. The molecule has 1 aromatic rings.